The van der Waals surface area contributed by atoms with Crippen LogP contribution in [0.5, 0.6) is 5.75 Å². The second kappa shape index (κ2) is 10.3. The molecule has 1 amide bonds. The third-order valence-electron chi connectivity index (χ3n) is 6.51. The number of benzene rings is 2. The van der Waals surface area contributed by atoms with Crippen LogP contribution < -0.4 is 4.74 Å². The van der Waals surface area contributed by atoms with Gasteiger partial charge in [0, 0.05) is 37.8 Å². The van der Waals surface area contributed by atoms with Gasteiger partial charge in [-0.05, 0) is 49.6 Å². The van der Waals surface area contributed by atoms with E-state index in [0.29, 0.717) is 19.2 Å². The third-order valence-corrected chi connectivity index (χ3v) is 6.51. The molecule has 0 bridgehead atoms. The molecule has 1 saturated heterocycles. The molecule has 1 saturated carbocycles. The van der Waals surface area contributed by atoms with Gasteiger partial charge in [-0.25, -0.2) is 0 Å². The Kier molecular flexibility index (Phi) is 7.25. The molecule has 4 rings (SSSR count). The Morgan fingerprint density at radius 2 is 1.81 bits per heavy atom. The lowest BCUT2D eigenvalue weighted by atomic mass is 10.1. The molecule has 1 unspecified atom stereocenters. The molecule has 1 heterocycles. The first-order valence-electron chi connectivity index (χ1n) is 11.5. The van der Waals surface area contributed by atoms with Crippen molar-refractivity contribution < 1.29 is 14.3 Å². The van der Waals surface area contributed by atoms with Crippen LogP contribution in [0.3, 0.4) is 0 Å². The number of methoxy groups -OCH3 is 1. The molecule has 31 heavy (non-hydrogen) atoms. The van der Waals surface area contributed by atoms with Gasteiger partial charge in [0.1, 0.15) is 5.75 Å². The fourth-order valence-corrected chi connectivity index (χ4v) is 4.72. The summed E-state index contributed by atoms with van der Waals surface area (Å²) in [5, 5.41) is 0. The summed E-state index contributed by atoms with van der Waals surface area (Å²) < 4.78 is 11.4. The lowest BCUT2D eigenvalue weighted by Gasteiger charge is -2.38. The van der Waals surface area contributed by atoms with Crippen molar-refractivity contribution in [3.63, 3.8) is 0 Å². The molecule has 1 atom stereocenters. The molecular formula is C26H34N2O3. The summed E-state index contributed by atoms with van der Waals surface area (Å²) >= 11 is 0. The Bertz CT molecular complexity index is 844. The highest BCUT2D eigenvalue weighted by Crippen LogP contribution is 2.26. The van der Waals surface area contributed by atoms with Gasteiger partial charge in [0.15, 0.2) is 0 Å². The quantitative estimate of drug-likeness (QED) is 0.668. The molecule has 5 heteroatoms. The molecule has 2 aromatic carbocycles. The standard InChI is InChI=1S/C26H34N2O3/c1-20-7-11-22(12-8-20)26(29)28(23-5-3-4-6-23)19-25-18-27(15-16-31-25)17-21-9-13-24(30-2)14-10-21/h7-14,23,25H,3-6,15-19H2,1-2H3. The number of carbonyl (C=O) groups is 1. The smallest absolute Gasteiger partial charge is 0.254 e. The predicted molar refractivity (Wildman–Crippen MR) is 122 cm³/mol. The van der Waals surface area contributed by atoms with E-state index in [2.05, 4.69) is 28.9 Å². The summed E-state index contributed by atoms with van der Waals surface area (Å²) in [6, 6.07) is 16.5. The van der Waals surface area contributed by atoms with Gasteiger partial charge < -0.3 is 14.4 Å². The molecular weight excluding hydrogens is 388 g/mol. The topological polar surface area (TPSA) is 42.0 Å². The molecule has 1 aliphatic heterocycles. The van der Waals surface area contributed by atoms with Crippen molar-refractivity contribution in [3.05, 3.63) is 65.2 Å². The molecule has 2 fully saturated rings. The second-order valence-electron chi connectivity index (χ2n) is 8.84. The monoisotopic (exact) mass is 422 g/mol. The van der Waals surface area contributed by atoms with Gasteiger partial charge in [-0.15, -0.1) is 0 Å². The zero-order valence-corrected chi connectivity index (χ0v) is 18.8. The molecule has 1 aliphatic carbocycles. The molecule has 166 valence electrons. The van der Waals surface area contributed by atoms with Crippen LogP contribution in [-0.2, 0) is 11.3 Å². The van der Waals surface area contributed by atoms with Gasteiger partial charge in [0.25, 0.3) is 5.91 Å². The van der Waals surface area contributed by atoms with Gasteiger partial charge >= 0.3 is 0 Å². The fraction of sp³-hybridized carbons (Fsp3) is 0.500. The number of carbonyl (C=O) groups excluding carboxylic acids is 1. The average Bonchev–Trinajstić information content (AvgIpc) is 3.33. The number of nitrogens with zero attached hydrogens (tertiary/aromatic N) is 2. The molecule has 0 aromatic heterocycles. The Morgan fingerprint density at radius 3 is 2.48 bits per heavy atom. The highest BCUT2D eigenvalue weighted by atomic mass is 16.5. The maximum absolute atomic E-state index is 13.4. The molecule has 0 spiro atoms. The number of hydrogen-bond donors (Lipinski definition) is 0. The Balaban J connectivity index is 1.42. The van der Waals surface area contributed by atoms with Crippen LogP contribution in [0.4, 0.5) is 0 Å². The first-order chi connectivity index (χ1) is 15.1. The van der Waals surface area contributed by atoms with Crippen molar-refractivity contribution in [2.45, 2.75) is 51.3 Å². The van der Waals surface area contributed by atoms with Gasteiger partial charge in [0.05, 0.1) is 19.8 Å². The summed E-state index contributed by atoms with van der Waals surface area (Å²) in [5.74, 6) is 1.02. The van der Waals surface area contributed by atoms with E-state index in [9.17, 15) is 4.79 Å². The average molecular weight is 423 g/mol. The second-order valence-corrected chi connectivity index (χ2v) is 8.84. The summed E-state index contributed by atoms with van der Waals surface area (Å²) in [5.41, 5.74) is 3.22. The Hall–Kier alpha value is -2.37. The lowest BCUT2D eigenvalue weighted by molar-refractivity contribution is -0.0468. The van der Waals surface area contributed by atoms with Crippen molar-refractivity contribution in [2.24, 2.45) is 0 Å². The minimum Gasteiger partial charge on any atom is -0.497 e. The zero-order valence-electron chi connectivity index (χ0n) is 18.8. The van der Waals surface area contributed by atoms with Crippen LogP contribution >= 0.6 is 0 Å². The minimum absolute atomic E-state index is 0.0435. The predicted octanol–water partition coefficient (Wildman–Crippen LogP) is 4.29. The number of hydrogen-bond acceptors (Lipinski definition) is 4. The van der Waals surface area contributed by atoms with Gasteiger partial charge in [-0.3, -0.25) is 9.69 Å². The highest BCUT2D eigenvalue weighted by Gasteiger charge is 2.31. The normalized spacial score (nSPS) is 20.0. The number of morpholine rings is 1. The van der Waals surface area contributed by atoms with E-state index in [0.717, 1.165) is 43.8 Å². The van der Waals surface area contributed by atoms with Crippen molar-refractivity contribution in [1.29, 1.82) is 0 Å². The van der Waals surface area contributed by atoms with Crippen molar-refractivity contribution in [1.82, 2.24) is 9.80 Å². The number of rotatable bonds is 7. The third kappa shape index (κ3) is 5.66. The van der Waals surface area contributed by atoms with Crippen LogP contribution in [0.1, 0.15) is 47.2 Å². The maximum Gasteiger partial charge on any atom is 0.254 e. The van der Waals surface area contributed by atoms with Crippen LogP contribution in [-0.4, -0.2) is 61.2 Å². The molecule has 5 nitrogen and oxygen atoms in total. The van der Waals surface area contributed by atoms with E-state index < -0.39 is 0 Å². The highest BCUT2D eigenvalue weighted by molar-refractivity contribution is 5.94. The Labute approximate surface area is 185 Å². The van der Waals surface area contributed by atoms with E-state index in [1.807, 2.05) is 36.4 Å². The van der Waals surface area contributed by atoms with Gasteiger partial charge in [-0.1, -0.05) is 42.7 Å². The summed E-state index contributed by atoms with van der Waals surface area (Å²) in [6.07, 6.45) is 4.65. The largest absolute Gasteiger partial charge is 0.497 e. The fourth-order valence-electron chi connectivity index (χ4n) is 4.72. The summed E-state index contributed by atoms with van der Waals surface area (Å²) in [7, 11) is 1.69. The maximum atomic E-state index is 13.4. The Morgan fingerprint density at radius 1 is 1.10 bits per heavy atom. The van der Waals surface area contributed by atoms with Crippen molar-refractivity contribution in [3.8, 4) is 5.75 Å². The zero-order chi connectivity index (χ0) is 21.6. The lowest BCUT2D eigenvalue weighted by Crippen LogP contribution is -2.50. The summed E-state index contributed by atoms with van der Waals surface area (Å²) in [4.78, 5) is 17.9. The SMILES string of the molecule is COc1ccc(CN2CCOC(CN(C(=O)c3ccc(C)cc3)C3CCCC3)C2)cc1. The van der Waals surface area contributed by atoms with Crippen LogP contribution in [0.25, 0.3) is 0 Å². The molecule has 0 N–H and O–H groups in total. The molecule has 2 aliphatic rings. The van der Waals surface area contributed by atoms with E-state index in [-0.39, 0.29) is 12.0 Å². The van der Waals surface area contributed by atoms with E-state index in [4.69, 9.17) is 9.47 Å². The van der Waals surface area contributed by atoms with Crippen LogP contribution in [0.2, 0.25) is 0 Å². The van der Waals surface area contributed by atoms with E-state index in [1.165, 1.54) is 24.0 Å². The molecule has 0 radical (unpaired) electrons. The molecule has 2 aromatic rings. The van der Waals surface area contributed by atoms with Crippen LogP contribution in [0, 0.1) is 6.92 Å². The van der Waals surface area contributed by atoms with Crippen molar-refractivity contribution >= 4 is 5.91 Å². The minimum atomic E-state index is 0.0435. The van der Waals surface area contributed by atoms with Gasteiger partial charge in [-0.2, -0.15) is 0 Å². The number of amides is 1. The number of aryl methyl sites for hydroxylation is 1. The van der Waals surface area contributed by atoms with Crippen LogP contribution in [0.15, 0.2) is 48.5 Å². The van der Waals surface area contributed by atoms with Gasteiger partial charge in [0.2, 0.25) is 0 Å². The van der Waals surface area contributed by atoms with Crippen molar-refractivity contribution in [2.75, 3.05) is 33.4 Å². The first-order valence-corrected chi connectivity index (χ1v) is 11.5. The van der Waals surface area contributed by atoms with E-state index in [1.54, 1.807) is 7.11 Å². The summed E-state index contributed by atoms with van der Waals surface area (Å²) in [6.45, 7) is 6.07. The first kappa shape index (κ1) is 21.8. The van der Waals surface area contributed by atoms with E-state index >= 15 is 0 Å². The number of ether oxygens (including phenoxy) is 2.